The molecule has 1 aromatic carbocycles. The topological polar surface area (TPSA) is 78.5 Å². The molecule has 80 valence electrons. The second-order valence-corrected chi connectivity index (χ2v) is 2.83. The average Bonchev–Trinajstić information content (AvgIpc) is 2.25. The first-order valence-electron chi connectivity index (χ1n) is 4.24. The van der Waals surface area contributed by atoms with Crippen LogP contribution in [0.1, 0.15) is 15.9 Å². The van der Waals surface area contributed by atoms with Crippen LogP contribution in [0.3, 0.4) is 0 Å². The van der Waals surface area contributed by atoms with Crippen molar-refractivity contribution in [3.05, 3.63) is 29.3 Å². The van der Waals surface area contributed by atoms with Crippen LogP contribution in [-0.4, -0.2) is 19.5 Å². The number of nitrogens with one attached hydrogen (secondary N) is 1. The number of carboxylic acid groups (broad SMARTS) is 1. The molecule has 15 heavy (non-hydrogen) atoms. The fourth-order valence-electron chi connectivity index (χ4n) is 1.18. The van der Waals surface area contributed by atoms with Crippen LogP contribution in [0.15, 0.2) is 18.2 Å². The lowest BCUT2D eigenvalue weighted by Gasteiger charge is -2.11. The van der Waals surface area contributed by atoms with Crippen molar-refractivity contribution < 1.29 is 19.4 Å². The predicted molar refractivity (Wildman–Crippen MR) is 50.6 cm³/mol. The predicted octanol–water partition coefficient (Wildman–Crippen LogP) is -0.0594. The number of carbonyl (C=O) groups is 2. The average molecular weight is 208 g/mol. The van der Waals surface area contributed by atoms with Gasteiger partial charge >= 0.3 is 0 Å². The molecule has 0 saturated carbocycles. The molecule has 0 aliphatic heterocycles. The van der Waals surface area contributed by atoms with Crippen molar-refractivity contribution in [2.45, 2.75) is 6.54 Å². The molecule has 0 aliphatic rings. The van der Waals surface area contributed by atoms with E-state index in [-0.39, 0.29) is 6.54 Å². The van der Waals surface area contributed by atoms with Crippen LogP contribution in [-0.2, 0) is 6.54 Å². The first-order chi connectivity index (χ1) is 7.17. The highest BCUT2D eigenvalue weighted by atomic mass is 16.5. The normalized spacial score (nSPS) is 9.40. The summed E-state index contributed by atoms with van der Waals surface area (Å²) in [7, 11) is 1.47. The van der Waals surface area contributed by atoms with Crippen molar-refractivity contribution in [1.29, 1.82) is 0 Å². The number of carbonyl (C=O) groups excluding carboxylic acids is 2. The van der Waals surface area contributed by atoms with Gasteiger partial charge in [-0.05, 0) is 18.2 Å². The molecule has 1 N–H and O–H groups in total. The molecular weight excluding hydrogens is 198 g/mol. The van der Waals surface area contributed by atoms with Gasteiger partial charge in [-0.15, -0.1) is 0 Å². The molecule has 0 atom stereocenters. The number of rotatable bonds is 4. The third kappa shape index (κ3) is 2.98. The molecule has 0 aliphatic carbocycles. The van der Waals surface area contributed by atoms with E-state index in [1.54, 1.807) is 18.2 Å². The van der Waals surface area contributed by atoms with Crippen molar-refractivity contribution in [2.24, 2.45) is 0 Å². The molecule has 1 amide bonds. The standard InChI is InChI=1S/C10H11NO4/c1-15-9-3-2-7(6-12)4-8(9)5-11-10(13)14/h2-4,6,11H,5H2,1H3,(H,13,14)/p-1. The minimum atomic E-state index is -1.37. The van der Waals surface area contributed by atoms with Crippen LogP contribution in [0, 0.1) is 0 Å². The summed E-state index contributed by atoms with van der Waals surface area (Å²) in [4.78, 5) is 20.7. The number of hydrogen-bond acceptors (Lipinski definition) is 4. The molecule has 1 aromatic rings. The highest BCUT2D eigenvalue weighted by Gasteiger charge is 2.03. The van der Waals surface area contributed by atoms with Crippen molar-refractivity contribution >= 4 is 12.4 Å². The number of benzene rings is 1. The van der Waals surface area contributed by atoms with Crippen molar-refractivity contribution in [3.8, 4) is 5.75 Å². The van der Waals surface area contributed by atoms with Gasteiger partial charge in [0, 0.05) is 17.7 Å². The number of aldehydes is 1. The van der Waals surface area contributed by atoms with E-state index < -0.39 is 6.09 Å². The van der Waals surface area contributed by atoms with Crippen LogP contribution in [0.4, 0.5) is 4.79 Å². The van der Waals surface area contributed by atoms with Crippen LogP contribution in [0.25, 0.3) is 0 Å². The third-order valence-electron chi connectivity index (χ3n) is 1.86. The zero-order valence-electron chi connectivity index (χ0n) is 8.15. The van der Waals surface area contributed by atoms with Crippen molar-refractivity contribution in [1.82, 2.24) is 5.32 Å². The zero-order valence-corrected chi connectivity index (χ0v) is 8.15. The van der Waals surface area contributed by atoms with Crippen LogP contribution < -0.4 is 15.2 Å². The van der Waals surface area contributed by atoms with E-state index in [2.05, 4.69) is 5.32 Å². The highest BCUT2D eigenvalue weighted by Crippen LogP contribution is 2.18. The summed E-state index contributed by atoms with van der Waals surface area (Å²) in [6.07, 6.45) is -0.685. The fourth-order valence-corrected chi connectivity index (χ4v) is 1.18. The molecule has 0 bridgehead atoms. The van der Waals surface area contributed by atoms with E-state index in [1.165, 1.54) is 7.11 Å². The van der Waals surface area contributed by atoms with Gasteiger partial charge in [0.25, 0.3) is 0 Å². The van der Waals surface area contributed by atoms with E-state index in [1.807, 2.05) is 0 Å². The van der Waals surface area contributed by atoms with Gasteiger partial charge in [0.2, 0.25) is 0 Å². The minimum Gasteiger partial charge on any atom is -0.530 e. The summed E-state index contributed by atoms with van der Waals surface area (Å²) < 4.78 is 5.01. The quantitative estimate of drug-likeness (QED) is 0.703. The third-order valence-corrected chi connectivity index (χ3v) is 1.86. The summed E-state index contributed by atoms with van der Waals surface area (Å²) in [6, 6.07) is 4.76. The molecule has 0 fully saturated rings. The summed E-state index contributed by atoms with van der Waals surface area (Å²) in [6.45, 7) is 0.0488. The van der Waals surface area contributed by atoms with Crippen LogP contribution in [0.5, 0.6) is 5.75 Å². The number of methoxy groups -OCH3 is 1. The van der Waals surface area contributed by atoms with Crippen LogP contribution in [0.2, 0.25) is 0 Å². The first-order valence-corrected chi connectivity index (χ1v) is 4.24. The Hall–Kier alpha value is -2.04. The lowest BCUT2D eigenvalue weighted by Crippen LogP contribution is -2.35. The number of ether oxygens (including phenoxy) is 1. The fraction of sp³-hybridized carbons (Fsp3) is 0.200. The molecule has 5 nitrogen and oxygen atoms in total. The molecular formula is C10H10NO4-. The van der Waals surface area contributed by atoms with Gasteiger partial charge in [-0.1, -0.05) is 0 Å². The molecule has 0 unspecified atom stereocenters. The summed E-state index contributed by atoms with van der Waals surface area (Å²) in [5.41, 5.74) is 1.05. The van der Waals surface area contributed by atoms with Gasteiger partial charge in [0.1, 0.15) is 18.1 Å². The first kappa shape index (κ1) is 11.0. The van der Waals surface area contributed by atoms with E-state index in [9.17, 15) is 14.7 Å². The monoisotopic (exact) mass is 208 g/mol. The maximum Gasteiger partial charge on any atom is 0.150 e. The van der Waals surface area contributed by atoms with Crippen molar-refractivity contribution in [2.75, 3.05) is 7.11 Å². The Balaban J connectivity index is 2.90. The Labute approximate surface area is 86.7 Å². The van der Waals surface area contributed by atoms with Gasteiger partial charge < -0.3 is 20.0 Å². The van der Waals surface area contributed by atoms with E-state index in [4.69, 9.17) is 4.74 Å². The van der Waals surface area contributed by atoms with Gasteiger partial charge in [0.15, 0.2) is 0 Å². The SMILES string of the molecule is COc1ccc(C=O)cc1CNC(=O)[O-]. The van der Waals surface area contributed by atoms with E-state index >= 15 is 0 Å². The largest absolute Gasteiger partial charge is 0.530 e. The molecule has 0 heterocycles. The maximum atomic E-state index is 10.5. The molecule has 0 aromatic heterocycles. The van der Waals surface area contributed by atoms with E-state index in [0.29, 0.717) is 23.2 Å². The Kier molecular flexibility index (Phi) is 3.68. The van der Waals surface area contributed by atoms with Gasteiger partial charge in [0.05, 0.1) is 7.11 Å². The van der Waals surface area contributed by atoms with Gasteiger partial charge in [-0.2, -0.15) is 0 Å². The summed E-state index contributed by atoms with van der Waals surface area (Å²) in [5.74, 6) is 0.523. The smallest absolute Gasteiger partial charge is 0.150 e. The highest BCUT2D eigenvalue weighted by molar-refractivity contribution is 5.75. The number of hydrogen-bond donors (Lipinski definition) is 1. The Morgan fingerprint density at radius 1 is 1.60 bits per heavy atom. The minimum absolute atomic E-state index is 0.0488. The summed E-state index contributed by atoms with van der Waals surface area (Å²) >= 11 is 0. The van der Waals surface area contributed by atoms with Gasteiger partial charge in [-0.3, -0.25) is 4.79 Å². The Bertz CT molecular complexity index is 376. The second kappa shape index (κ2) is 4.99. The molecule has 5 heteroatoms. The summed E-state index contributed by atoms with van der Waals surface area (Å²) in [5, 5.41) is 12.3. The molecule has 0 saturated heterocycles. The van der Waals surface area contributed by atoms with E-state index in [0.717, 1.165) is 0 Å². The Morgan fingerprint density at radius 2 is 2.33 bits per heavy atom. The van der Waals surface area contributed by atoms with Crippen molar-refractivity contribution in [3.63, 3.8) is 0 Å². The molecule has 0 spiro atoms. The zero-order chi connectivity index (χ0) is 11.3. The maximum absolute atomic E-state index is 10.5. The lowest BCUT2D eigenvalue weighted by molar-refractivity contribution is -0.251. The van der Waals surface area contributed by atoms with Gasteiger partial charge in [-0.25, -0.2) is 0 Å². The lowest BCUT2D eigenvalue weighted by atomic mass is 10.1. The molecule has 1 rings (SSSR count). The van der Waals surface area contributed by atoms with Crippen LogP contribution >= 0.6 is 0 Å². The second-order valence-electron chi connectivity index (χ2n) is 2.83. The molecule has 0 radical (unpaired) electrons. The Morgan fingerprint density at radius 3 is 2.87 bits per heavy atom. The number of amides is 1.